The fraction of sp³-hybridized carbons (Fsp3) is 0.444. The molecule has 3 nitrogen and oxygen atoms in total. The minimum atomic E-state index is 0.730. The monoisotopic (exact) mass is 289 g/mol. The molecule has 0 bridgehead atoms. The van der Waals surface area contributed by atoms with Crippen molar-refractivity contribution in [3.63, 3.8) is 0 Å². The van der Waals surface area contributed by atoms with Crippen molar-refractivity contribution in [2.45, 2.75) is 6.92 Å². The number of nitrogens with zero attached hydrogens (tertiary/aromatic N) is 3. The van der Waals surface area contributed by atoms with Crippen LogP contribution in [0.2, 0.25) is 0 Å². The van der Waals surface area contributed by atoms with Crippen molar-refractivity contribution >= 4 is 39.8 Å². The summed E-state index contributed by atoms with van der Waals surface area (Å²) < 4.78 is 0.961. The second kappa shape index (κ2) is 4.64. The molecule has 13 heavy (non-hydrogen) atoms. The Balaban J connectivity index is 3.12. The van der Waals surface area contributed by atoms with E-state index >= 15 is 0 Å². The number of allylic oxidation sites excluding steroid dienone is 1. The van der Waals surface area contributed by atoms with Crippen LogP contribution in [-0.4, -0.2) is 35.8 Å². The molecule has 0 aliphatic carbocycles. The Hall–Kier alpha value is -0.520. The summed E-state index contributed by atoms with van der Waals surface area (Å²) in [6.45, 7) is 2.00. The molecule has 0 N–H and O–H groups in total. The number of hydrogen-bond acceptors (Lipinski definition) is 2. The van der Waals surface area contributed by atoms with Crippen LogP contribution in [0.15, 0.2) is 26.6 Å². The van der Waals surface area contributed by atoms with Gasteiger partial charge in [0.25, 0.3) is 0 Å². The third-order valence-electron chi connectivity index (χ3n) is 1.88. The van der Waals surface area contributed by atoms with E-state index in [-0.39, 0.29) is 0 Å². The van der Waals surface area contributed by atoms with Crippen molar-refractivity contribution in [3.8, 4) is 0 Å². The molecular formula is C9H12IN3. The van der Waals surface area contributed by atoms with E-state index in [0.717, 1.165) is 21.7 Å². The molecule has 0 radical (unpaired) electrons. The van der Waals surface area contributed by atoms with E-state index in [2.05, 4.69) is 43.6 Å². The van der Waals surface area contributed by atoms with E-state index in [1.165, 1.54) is 5.57 Å². The smallest absolute Gasteiger partial charge is 0.173 e. The highest BCUT2D eigenvalue weighted by Crippen LogP contribution is 2.10. The van der Waals surface area contributed by atoms with Crippen LogP contribution in [0.4, 0.5) is 0 Å². The molecule has 0 saturated heterocycles. The van der Waals surface area contributed by atoms with Gasteiger partial charge in [-0.25, -0.2) is 4.99 Å². The molecule has 70 valence electrons. The zero-order valence-electron chi connectivity index (χ0n) is 8.00. The number of rotatable bonds is 1. The first-order valence-corrected chi connectivity index (χ1v) is 5.51. The van der Waals surface area contributed by atoms with Crippen LogP contribution in [0.5, 0.6) is 0 Å². The summed E-state index contributed by atoms with van der Waals surface area (Å²) >= 11 is 2.32. The first-order chi connectivity index (χ1) is 6.22. The van der Waals surface area contributed by atoms with Crippen molar-refractivity contribution in [2.75, 3.05) is 18.5 Å². The van der Waals surface area contributed by atoms with E-state index in [1.807, 2.05) is 6.92 Å². The van der Waals surface area contributed by atoms with E-state index in [0.29, 0.717) is 0 Å². The maximum absolute atomic E-state index is 4.37. The Morgan fingerprint density at radius 1 is 1.38 bits per heavy atom. The summed E-state index contributed by atoms with van der Waals surface area (Å²) in [4.78, 5) is 12.6. The lowest BCUT2D eigenvalue weighted by molar-refractivity contribution is 1.37. The van der Waals surface area contributed by atoms with Gasteiger partial charge in [0, 0.05) is 24.2 Å². The highest BCUT2D eigenvalue weighted by Gasteiger charge is 2.13. The van der Waals surface area contributed by atoms with Crippen LogP contribution in [0.3, 0.4) is 0 Å². The van der Waals surface area contributed by atoms with Gasteiger partial charge in [-0.15, -0.1) is 0 Å². The summed E-state index contributed by atoms with van der Waals surface area (Å²) in [6, 6.07) is 0. The molecular weight excluding hydrogens is 277 g/mol. The molecule has 0 atom stereocenters. The lowest BCUT2D eigenvalue weighted by atomic mass is 10.1. The molecule has 1 heterocycles. The number of dihydropyridines is 1. The third kappa shape index (κ3) is 2.24. The maximum Gasteiger partial charge on any atom is 0.173 e. The molecule has 0 fully saturated rings. The predicted molar refractivity (Wildman–Crippen MR) is 66.8 cm³/mol. The average molecular weight is 289 g/mol. The molecule has 0 aromatic heterocycles. The lowest BCUT2D eigenvalue weighted by Gasteiger charge is -2.11. The van der Waals surface area contributed by atoms with Gasteiger partial charge in [0.1, 0.15) is 5.71 Å². The molecule has 1 rings (SSSR count). The van der Waals surface area contributed by atoms with Gasteiger partial charge in [-0.2, -0.15) is 0 Å². The van der Waals surface area contributed by atoms with E-state index < -0.39 is 0 Å². The molecule has 4 heteroatoms. The van der Waals surface area contributed by atoms with E-state index in [4.69, 9.17) is 0 Å². The normalized spacial score (nSPS) is 23.4. The van der Waals surface area contributed by atoms with Gasteiger partial charge in [0.2, 0.25) is 0 Å². The molecule has 1 aliphatic rings. The molecule has 1 aliphatic heterocycles. The number of hydrogen-bond donors (Lipinski definition) is 0. The lowest BCUT2D eigenvalue weighted by Crippen LogP contribution is -2.19. The van der Waals surface area contributed by atoms with Crippen molar-refractivity contribution in [1.82, 2.24) is 0 Å². The molecule has 0 aromatic carbocycles. The Kier molecular flexibility index (Phi) is 3.77. The van der Waals surface area contributed by atoms with Crippen LogP contribution in [-0.2, 0) is 0 Å². The quantitative estimate of drug-likeness (QED) is 0.522. The van der Waals surface area contributed by atoms with Gasteiger partial charge in [0.15, 0.2) is 5.84 Å². The minimum Gasteiger partial charge on any atom is -0.285 e. The predicted octanol–water partition coefficient (Wildman–Crippen LogP) is 1.92. The van der Waals surface area contributed by atoms with Crippen molar-refractivity contribution in [3.05, 3.63) is 11.6 Å². The van der Waals surface area contributed by atoms with Crippen LogP contribution >= 0.6 is 22.6 Å². The Bertz CT molecular complexity index is 324. The van der Waals surface area contributed by atoms with Gasteiger partial charge < -0.3 is 0 Å². The fourth-order valence-corrected chi connectivity index (χ4v) is 1.86. The number of aliphatic imine (C=N–C) groups is 3. The van der Waals surface area contributed by atoms with Gasteiger partial charge in [-0.3, -0.25) is 9.98 Å². The Morgan fingerprint density at radius 3 is 2.54 bits per heavy atom. The highest BCUT2D eigenvalue weighted by molar-refractivity contribution is 14.1. The first-order valence-electron chi connectivity index (χ1n) is 3.99. The standard InChI is InChI=1S/C9H12IN3/c1-6-7(5-10)4-8(11-2)9(12-3)13-6/h4H,5H2,1-3H3. The van der Waals surface area contributed by atoms with E-state index in [1.54, 1.807) is 14.1 Å². The number of alkyl halides is 1. The average Bonchev–Trinajstić information content (AvgIpc) is 2.17. The van der Waals surface area contributed by atoms with Gasteiger partial charge >= 0.3 is 0 Å². The van der Waals surface area contributed by atoms with Crippen LogP contribution in [0.25, 0.3) is 0 Å². The zero-order valence-corrected chi connectivity index (χ0v) is 10.2. The second-order valence-corrected chi connectivity index (χ2v) is 3.42. The minimum absolute atomic E-state index is 0.730. The second-order valence-electron chi connectivity index (χ2n) is 2.66. The van der Waals surface area contributed by atoms with Crippen molar-refractivity contribution in [1.29, 1.82) is 0 Å². The van der Waals surface area contributed by atoms with Crippen LogP contribution in [0, 0.1) is 0 Å². The summed E-state index contributed by atoms with van der Waals surface area (Å²) in [5.41, 5.74) is 3.15. The molecule has 0 amide bonds. The zero-order chi connectivity index (χ0) is 9.84. The molecule has 0 saturated carbocycles. The Morgan fingerprint density at radius 2 is 2.08 bits per heavy atom. The Labute approximate surface area is 91.9 Å². The van der Waals surface area contributed by atoms with Crippen molar-refractivity contribution in [2.24, 2.45) is 15.0 Å². The summed E-state index contributed by atoms with van der Waals surface area (Å²) in [7, 11) is 3.50. The largest absolute Gasteiger partial charge is 0.285 e. The van der Waals surface area contributed by atoms with E-state index in [9.17, 15) is 0 Å². The summed E-state index contributed by atoms with van der Waals surface area (Å²) in [5.74, 6) is 0.730. The summed E-state index contributed by atoms with van der Waals surface area (Å²) in [5, 5.41) is 0. The third-order valence-corrected chi connectivity index (χ3v) is 2.70. The topological polar surface area (TPSA) is 37.1 Å². The SMILES string of the molecule is CN=C1C=C(CI)C(C)=NC1=NC. The maximum atomic E-state index is 4.37. The highest BCUT2D eigenvalue weighted by atomic mass is 127. The molecule has 0 spiro atoms. The first kappa shape index (κ1) is 10.6. The van der Waals surface area contributed by atoms with Gasteiger partial charge in [-0.05, 0) is 18.6 Å². The number of amidine groups is 1. The summed E-state index contributed by atoms with van der Waals surface area (Å²) in [6.07, 6.45) is 2.05. The fourth-order valence-electron chi connectivity index (χ4n) is 1.09. The van der Waals surface area contributed by atoms with Crippen LogP contribution < -0.4 is 0 Å². The van der Waals surface area contributed by atoms with Gasteiger partial charge in [-0.1, -0.05) is 22.6 Å². The van der Waals surface area contributed by atoms with Crippen molar-refractivity contribution < 1.29 is 0 Å². The molecule has 0 aromatic rings. The van der Waals surface area contributed by atoms with Crippen LogP contribution in [0.1, 0.15) is 6.92 Å². The van der Waals surface area contributed by atoms with Gasteiger partial charge in [0.05, 0.1) is 0 Å². The number of halogens is 1. The molecule has 0 unspecified atom stereocenters.